The molecule has 2 aromatic heterocycles. The number of pyridine rings is 1. The van der Waals surface area contributed by atoms with Gasteiger partial charge in [-0.05, 0) is 24.6 Å². The molecule has 3 aromatic rings. The molecule has 0 aliphatic heterocycles. The number of aromatic nitrogens is 2. The van der Waals surface area contributed by atoms with Crippen LogP contribution >= 0.6 is 0 Å². The molecule has 0 saturated heterocycles. The fourth-order valence-corrected chi connectivity index (χ4v) is 2.23. The molecule has 6 heteroatoms. The predicted octanol–water partition coefficient (Wildman–Crippen LogP) is 3.29. The Balaban J connectivity index is 1.80. The van der Waals surface area contributed by atoms with Crippen LogP contribution in [0.3, 0.4) is 0 Å². The van der Waals surface area contributed by atoms with Crippen molar-refractivity contribution in [3.63, 3.8) is 0 Å². The number of benzene rings is 1. The fraction of sp³-hybridized carbons (Fsp3) is 0.118. The van der Waals surface area contributed by atoms with Crippen LogP contribution in [0.2, 0.25) is 0 Å². The maximum Gasteiger partial charge on any atom is 0.321 e. The summed E-state index contributed by atoms with van der Waals surface area (Å²) in [6.07, 6.45) is 1.70. The molecule has 1 unspecified atom stereocenters. The van der Waals surface area contributed by atoms with Crippen LogP contribution in [0.1, 0.15) is 23.1 Å². The quantitative estimate of drug-likeness (QED) is 0.775. The van der Waals surface area contributed by atoms with Crippen molar-refractivity contribution in [2.45, 2.75) is 13.0 Å². The highest BCUT2D eigenvalue weighted by atomic mass is 16.5. The number of nitrogens with zero attached hydrogens (tertiary/aromatic N) is 2. The molecule has 6 nitrogen and oxygen atoms in total. The minimum Gasteiger partial charge on any atom is -0.360 e. The first kappa shape index (κ1) is 14.8. The van der Waals surface area contributed by atoms with Crippen LogP contribution in [0, 0.1) is 6.92 Å². The van der Waals surface area contributed by atoms with Crippen LogP contribution in [-0.2, 0) is 0 Å². The van der Waals surface area contributed by atoms with Gasteiger partial charge in [0.25, 0.3) is 0 Å². The van der Waals surface area contributed by atoms with Gasteiger partial charge >= 0.3 is 6.03 Å². The molecular formula is C17H16N4O2. The minimum absolute atomic E-state index is 0.356. The van der Waals surface area contributed by atoms with Crippen molar-refractivity contribution in [3.05, 3.63) is 77.8 Å². The zero-order chi connectivity index (χ0) is 16.1. The first-order chi connectivity index (χ1) is 11.2. The third-order valence-corrected chi connectivity index (χ3v) is 3.26. The Hall–Kier alpha value is -3.15. The zero-order valence-electron chi connectivity index (χ0n) is 12.6. The van der Waals surface area contributed by atoms with E-state index in [1.165, 1.54) is 0 Å². The summed E-state index contributed by atoms with van der Waals surface area (Å²) in [6, 6.07) is 16.2. The van der Waals surface area contributed by atoms with Gasteiger partial charge in [0.15, 0.2) is 5.82 Å². The van der Waals surface area contributed by atoms with E-state index < -0.39 is 0 Å². The van der Waals surface area contributed by atoms with Crippen LogP contribution in [0.4, 0.5) is 10.6 Å². The first-order valence-electron chi connectivity index (χ1n) is 7.19. The molecule has 0 bridgehead atoms. The van der Waals surface area contributed by atoms with Gasteiger partial charge in [0.1, 0.15) is 5.76 Å². The Labute approximate surface area is 133 Å². The summed E-state index contributed by atoms with van der Waals surface area (Å²) >= 11 is 0. The van der Waals surface area contributed by atoms with Gasteiger partial charge in [-0.3, -0.25) is 10.3 Å². The average molecular weight is 308 g/mol. The molecule has 0 saturated carbocycles. The number of urea groups is 1. The van der Waals surface area contributed by atoms with Crippen molar-refractivity contribution >= 4 is 11.8 Å². The molecule has 0 aliphatic carbocycles. The van der Waals surface area contributed by atoms with Crippen molar-refractivity contribution in [2.24, 2.45) is 0 Å². The van der Waals surface area contributed by atoms with Crippen LogP contribution in [0.15, 0.2) is 65.3 Å². The van der Waals surface area contributed by atoms with Crippen molar-refractivity contribution in [1.29, 1.82) is 0 Å². The van der Waals surface area contributed by atoms with Crippen molar-refractivity contribution in [1.82, 2.24) is 15.5 Å². The lowest BCUT2D eigenvalue weighted by Crippen LogP contribution is -2.33. The number of carbonyl (C=O) groups is 1. The lowest BCUT2D eigenvalue weighted by molar-refractivity contribution is 0.249. The summed E-state index contributed by atoms with van der Waals surface area (Å²) in [5, 5.41) is 9.31. The van der Waals surface area contributed by atoms with E-state index in [1.54, 1.807) is 19.2 Å². The number of amides is 2. The first-order valence-corrected chi connectivity index (χ1v) is 7.19. The molecule has 2 amide bonds. The van der Waals surface area contributed by atoms with E-state index in [9.17, 15) is 4.79 Å². The van der Waals surface area contributed by atoms with Crippen LogP contribution < -0.4 is 10.6 Å². The van der Waals surface area contributed by atoms with Crippen molar-refractivity contribution in [3.8, 4) is 0 Å². The van der Waals surface area contributed by atoms with E-state index in [0.717, 1.165) is 11.3 Å². The fourth-order valence-electron chi connectivity index (χ4n) is 2.23. The molecule has 0 fully saturated rings. The Kier molecular flexibility index (Phi) is 4.33. The third-order valence-electron chi connectivity index (χ3n) is 3.26. The Morgan fingerprint density at radius 1 is 1.13 bits per heavy atom. The van der Waals surface area contributed by atoms with Gasteiger partial charge in [-0.1, -0.05) is 41.6 Å². The predicted molar refractivity (Wildman–Crippen MR) is 85.9 cm³/mol. The lowest BCUT2D eigenvalue weighted by Gasteiger charge is -2.18. The number of aryl methyl sites for hydroxylation is 1. The number of anilines is 1. The topological polar surface area (TPSA) is 80.0 Å². The molecule has 2 N–H and O–H groups in total. The van der Waals surface area contributed by atoms with Gasteiger partial charge in [0.05, 0.1) is 11.7 Å². The Morgan fingerprint density at radius 3 is 2.57 bits per heavy atom. The summed E-state index contributed by atoms with van der Waals surface area (Å²) < 4.78 is 4.93. The van der Waals surface area contributed by atoms with E-state index in [-0.39, 0.29) is 12.1 Å². The molecule has 0 radical (unpaired) electrons. The summed E-state index contributed by atoms with van der Waals surface area (Å²) in [7, 11) is 0. The monoisotopic (exact) mass is 308 g/mol. The second-order valence-electron chi connectivity index (χ2n) is 5.02. The maximum atomic E-state index is 12.2. The maximum absolute atomic E-state index is 12.2. The summed E-state index contributed by atoms with van der Waals surface area (Å²) in [6.45, 7) is 1.76. The number of nitrogens with one attached hydrogen (secondary N) is 2. The normalized spacial score (nSPS) is 11.7. The Morgan fingerprint density at radius 2 is 1.91 bits per heavy atom. The van der Waals surface area contributed by atoms with Crippen LogP contribution in [0.5, 0.6) is 0 Å². The van der Waals surface area contributed by atoms with Gasteiger partial charge in [0.2, 0.25) is 0 Å². The Bertz CT molecular complexity index is 732. The molecule has 3 rings (SSSR count). The minimum atomic E-state index is -0.377. The SMILES string of the molecule is Cc1cc(NC(=O)NC(c2ccccc2)c2ccccn2)no1. The van der Waals surface area contributed by atoms with E-state index in [4.69, 9.17) is 4.52 Å². The van der Waals surface area contributed by atoms with Gasteiger partial charge in [-0.15, -0.1) is 0 Å². The van der Waals surface area contributed by atoms with Gasteiger partial charge in [0, 0.05) is 12.3 Å². The van der Waals surface area contributed by atoms with E-state index in [1.807, 2.05) is 48.5 Å². The summed E-state index contributed by atoms with van der Waals surface area (Å²) in [4.78, 5) is 16.6. The van der Waals surface area contributed by atoms with Crippen LogP contribution in [-0.4, -0.2) is 16.2 Å². The molecule has 116 valence electrons. The largest absolute Gasteiger partial charge is 0.360 e. The molecule has 2 heterocycles. The van der Waals surface area contributed by atoms with Crippen LogP contribution in [0.25, 0.3) is 0 Å². The number of hydrogen-bond donors (Lipinski definition) is 2. The number of carbonyl (C=O) groups excluding carboxylic acids is 1. The molecule has 1 aromatic carbocycles. The standard InChI is InChI=1S/C17H16N4O2/c1-12-11-15(21-23-12)19-17(22)20-16(13-7-3-2-4-8-13)14-9-5-6-10-18-14/h2-11,16H,1H3,(H2,19,20,21,22). The second-order valence-corrected chi connectivity index (χ2v) is 5.02. The highest BCUT2D eigenvalue weighted by Crippen LogP contribution is 2.20. The van der Waals surface area contributed by atoms with Gasteiger partial charge < -0.3 is 9.84 Å². The van der Waals surface area contributed by atoms with Gasteiger partial charge in [-0.25, -0.2) is 4.79 Å². The van der Waals surface area contributed by atoms with E-state index in [2.05, 4.69) is 20.8 Å². The van der Waals surface area contributed by atoms with E-state index >= 15 is 0 Å². The summed E-state index contributed by atoms with van der Waals surface area (Å²) in [5.74, 6) is 0.998. The van der Waals surface area contributed by atoms with Crippen molar-refractivity contribution < 1.29 is 9.32 Å². The van der Waals surface area contributed by atoms with Crippen molar-refractivity contribution in [2.75, 3.05) is 5.32 Å². The molecule has 0 aliphatic rings. The summed E-state index contributed by atoms with van der Waals surface area (Å²) in [5.41, 5.74) is 1.70. The lowest BCUT2D eigenvalue weighted by atomic mass is 10.0. The third kappa shape index (κ3) is 3.74. The van der Waals surface area contributed by atoms with E-state index in [0.29, 0.717) is 11.6 Å². The second kappa shape index (κ2) is 6.74. The number of rotatable bonds is 4. The zero-order valence-corrected chi connectivity index (χ0v) is 12.6. The highest BCUT2D eigenvalue weighted by molar-refractivity contribution is 5.88. The molecular weight excluding hydrogens is 292 g/mol. The molecule has 23 heavy (non-hydrogen) atoms. The van der Waals surface area contributed by atoms with Gasteiger partial charge in [-0.2, -0.15) is 0 Å². The highest BCUT2D eigenvalue weighted by Gasteiger charge is 2.18. The molecule has 1 atom stereocenters. The molecule has 0 spiro atoms. The average Bonchev–Trinajstić information content (AvgIpc) is 2.99. The number of hydrogen-bond acceptors (Lipinski definition) is 4. The smallest absolute Gasteiger partial charge is 0.321 e.